The smallest absolute Gasteiger partial charge is 0.160 e. The minimum Gasteiger partial charge on any atom is -0.344 e. The van der Waals surface area contributed by atoms with Crippen molar-refractivity contribution in [1.82, 2.24) is 0 Å². The molecular weight excluding hydrogens is 204 g/mol. The molecule has 1 saturated heterocycles. The van der Waals surface area contributed by atoms with Crippen LogP contribution in [0.3, 0.4) is 0 Å². The second-order valence-corrected chi connectivity index (χ2v) is 5.98. The van der Waals surface area contributed by atoms with Crippen LogP contribution in [0, 0.1) is 5.92 Å². The summed E-state index contributed by atoms with van der Waals surface area (Å²) in [4.78, 5) is 11.6. The van der Waals surface area contributed by atoms with Gasteiger partial charge in [-0.1, -0.05) is 0 Å². The highest BCUT2D eigenvalue weighted by Gasteiger charge is 2.49. The molecular formula is C13H22O3. The van der Waals surface area contributed by atoms with Gasteiger partial charge in [-0.05, 0) is 40.5 Å². The van der Waals surface area contributed by atoms with Gasteiger partial charge in [0, 0.05) is 18.8 Å². The number of carbonyl (C=O) groups is 1. The molecule has 0 unspecified atom stereocenters. The van der Waals surface area contributed by atoms with Crippen molar-refractivity contribution in [3.8, 4) is 0 Å². The third-order valence-electron chi connectivity index (χ3n) is 4.21. The largest absolute Gasteiger partial charge is 0.344 e. The number of ether oxygens (including phenoxy) is 2. The van der Waals surface area contributed by atoms with Gasteiger partial charge in [-0.3, -0.25) is 4.79 Å². The standard InChI is InChI=1S/C13H22O3/c1-12(2)13(3,4)16-11(15-12)8-9-6-5-7-10(9)14/h9,11H,5-8H2,1-4H3/t9-/m1/s1. The van der Waals surface area contributed by atoms with E-state index in [0.717, 1.165) is 25.7 Å². The van der Waals surface area contributed by atoms with Crippen molar-refractivity contribution in [2.24, 2.45) is 5.92 Å². The lowest BCUT2D eigenvalue weighted by atomic mass is 9.90. The molecule has 0 bridgehead atoms. The van der Waals surface area contributed by atoms with E-state index in [4.69, 9.17) is 9.47 Å². The van der Waals surface area contributed by atoms with Crippen LogP contribution in [0.2, 0.25) is 0 Å². The second kappa shape index (κ2) is 3.81. The molecule has 1 aliphatic heterocycles. The molecule has 2 fully saturated rings. The maximum absolute atomic E-state index is 11.6. The van der Waals surface area contributed by atoms with Gasteiger partial charge in [-0.2, -0.15) is 0 Å². The fourth-order valence-electron chi connectivity index (χ4n) is 2.43. The zero-order valence-corrected chi connectivity index (χ0v) is 10.7. The number of ketones is 1. The lowest BCUT2D eigenvalue weighted by Gasteiger charge is -2.30. The maximum Gasteiger partial charge on any atom is 0.160 e. The van der Waals surface area contributed by atoms with Gasteiger partial charge in [0.15, 0.2) is 6.29 Å². The van der Waals surface area contributed by atoms with Crippen molar-refractivity contribution in [2.45, 2.75) is 70.9 Å². The zero-order chi connectivity index (χ0) is 12.0. The lowest BCUT2D eigenvalue weighted by Crippen LogP contribution is -2.41. The predicted molar refractivity (Wildman–Crippen MR) is 61.1 cm³/mol. The predicted octanol–water partition coefficient (Wildman–Crippen LogP) is 2.68. The first-order valence-corrected chi connectivity index (χ1v) is 6.20. The van der Waals surface area contributed by atoms with Crippen molar-refractivity contribution in [3.63, 3.8) is 0 Å². The van der Waals surface area contributed by atoms with Crippen LogP contribution in [-0.2, 0) is 14.3 Å². The summed E-state index contributed by atoms with van der Waals surface area (Å²) >= 11 is 0. The molecule has 2 rings (SSSR count). The Kier molecular flexibility index (Phi) is 2.87. The van der Waals surface area contributed by atoms with Crippen molar-refractivity contribution >= 4 is 5.78 Å². The van der Waals surface area contributed by atoms with Crippen molar-refractivity contribution in [3.05, 3.63) is 0 Å². The van der Waals surface area contributed by atoms with E-state index in [9.17, 15) is 4.79 Å². The Morgan fingerprint density at radius 1 is 1.19 bits per heavy atom. The number of hydrogen-bond donors (Lipinski definition) is 0. The molecule has 1 saturated carbocycles. The highest BCUT2D eigenvalue weighted by Crippen LogP contribution is 2.41. The number of hydrogen-bond acceptors (Lipinski definition) is 3. The first-order chi connectivity index (χ1) is 7.32. The normalized spacial score (nSPS) is 33.5. The molecule has 0 amide bonds. The molecule has 3 nitrogen and oxygen atoms in total. The van der Waals surface area contributed by atoms with Gasteiger partial charge in [-0.15, -0.1) is 0 Å². The van der Waals surface area contributed by atoms with Crippen LogP contribution in [0.15, 0.2) is 0 Å². The van der Waals surface area contributed by atoms with Crippen LogP contribution < -0.4 is 0 Å². The van der Waals surface area contributed by atoms with E-state index in [-0.39, 0.29) is 23.4 Å². The zero-order valence-electron chi connectivity index (χ0n) is 10.7. The Bertz CT molecular complexity index is 278. The van der Waals surface area contributed by atoms with E-state index in [1.165, 1.54) is 0 Å². The summed E-state index contributed by atoms with van der Waals surface area (Å²) < 4.78 is 11.8. The molecule has 0 aromatic carbocycles. The maximum atomic E-state index is 11.6. The second-order valence-electron chi connectivity index (χ2n) is 5.98. The molecule has 0 spiro atoms. The topological polar surface area (TPSA) is 35.5 Å². The fraction of sp³-hybridized carbons (Fsp3) is 0.923. The van der Waals surface area contributed by atoms with Crippen LogP contribution in [-0.4, -0.2) is 23.3 Å². The van der Waals surface area contributed by atoms with E-state index in [0.29, 0.717) is 5.78 Å². The molecule has 1 heterocycles. The number of Topliss-reactive ketones (excluding diaryl/α,β-unsaturated/α-hetero) is 1. The third-order valence-corrected chi connectivity index (χ3v) is 4.21. The van der Waals surface area contributed by atoms with E-state index >= 15 is 0 Å². The average molecular weight is 226 g/mol. The highest BCUT2D eigenvalue weighted by molar-refractivity contribution is 5.82. The Labute approximate surface area is 97.5 Å². The third kappa shape index (κ3) is 2.03. The lowest BCUT2D eigenvalue weighted by molar-refractivity contribution is -0.128. The molecule has 0 aromatic heterocycles. The van der Waals surface area contributed by atoms with Crippen molar-refractivity contribution in [2.75, 3.05) is 0 Å². The van der Waals surface area contributed by atoms with Crippen LogP contribution in [0.25, 0.3) is 0 Å². The van der Waals surface area contributed by atoms with Gasteiger partial charge >= 0.3 is 0 Å². The monoisotopic (exact) mass is 226 g/mol. The molecule has 1 aliphatic carbocycles. The van der Waals surface area contributed by atoms with Crippen LogP contribution >= 0.6 is 0 Å². The van der Waals surface area contributed by atoms with E-state index in [1.807, 2.05) is 27.7 Å². The molecule has 0 aromatic rings. The molecule has 0 radical (unpaired) electrons. The average Bonchev–Trinajstić information content (AvgIpc) is 2.57. The fourth-order valence-corrected chi connectivity index (χ4v) is 2.43. The summed E-state index contributed by atoms with van der Waals surface area (Å²) in [7, 11) is 0. The van der Waals surface area contributed by atoms with Gasteiger partial charge in [-0.25, -0.2) is 0 Å². The SMILES string of the molecule is CC1(C)OC(C[C@H]2CCCC2=O)OC1(C)C. The summed E-state index contributed by atoms with van der Waals surface area (Å²) in [5.74, 6) is 0.546. The number of rotatable bonds is 2. The van der Waals surface area contributed by atoms with E-state index < -0.39 is 0 Å². The van der Waals surface area contributed by atoms with E-state index in [1.54, 1.807) is 0 Å². The summed E-state index contributed by atoms with van der Waals surface area (Å²) in [5.41, 5.74) is -0.557. The molecule has 3 heteroatoms. The quantitative estimate of drug-likeness (QED) is 0.726. The molecule has 1 atom stereocenters. The first-order valence-electron chi connectivity index (χ1n) is 6.20. The van der Waals surface area contributed by atoms with E-state index in [2.05, 4.69) is 0 Å². The van der Waals surface area contributed by atoms with Crippen LogP contribution in [0.5, 0.6) is 0 Å². The molecule has 2 aliphatic rings. The van der Waals surface area contributed by atoms with Gasteiger partial charge in [0.05, 0.1) is 11.2 Å². The van der Waals surface area contributed by atoms with Gasteiger partial charge < -0.3 is 9.47 Å². The Hall–Kier alpha value is -0.410. The summed E-state index contributed by atoms with van der Waals surface area (Å²) in [6.45, 7) is 8.18. The number of carbonyl (C=O) groups excluding carboxylic acids is 1. The van der Waals surface area contributed by atoms with Gasteiger partial charge in [0.25, 0.3) is 0 Å². The first kappa shape index (κ1) is 12.1. The Morgan fingerprint density at radius 3 is 2.19 bits per heavy atom. The van der Waals surface area contributed by atoms with Crippen molar-refractivity contribution in [1.29, 1.82) is 0 Å². The van der Waals surface area contributed by atoms with Crippen LogP contribution in [0.4, 0.5) is 0 Å². The van der Waals surface area contributed by atoms with Gasteiger partial charge in [0.1, 0.15) is 5.78 Å². The molecule has 0 N–H and O–H groups in total. The minimum atomic E-state index is -0.278. The van der Waals surface area contributed by atoms with Crippen molar-refractivity contribution < 1.29 is 14.3 Å². The summed E-state index contributed by atoms with van der Waals surface area (Å²) in [6.07, 6.45) is 3.29. The van der Waals surface area contributed by atoms with Gasteiger partial charge in [0.2, 0.25) is 0 Å². The molecule has 92 valence electrons. The Balaban J connectivity index is 1.96. The highest BCUT2D eigenvalue weighted by atomic mass is 16.7. The Morgan fingerprint density at radius 2 is 1.75 bits per heavy atom. The molecule has 16 heavy (non-hydrogen) atoms. The summed E-state index contributed by atoms with van der Waals surface area (Å²) in [6, 6.07) is 0. The summed E-state index contributed by atoms with van der Waals surface area (Å²) in [5, 5.41) is 0. The van der Waals surface area contributed by atoms with Crippen LogP contribution in [0.1, 0.15) is 53.4 Å². The minimum absolute atomic E-state index is 0.162.